The molecule has 3 rings (SSSR count). The molecule has 0 spiro atoms. The molecular weight excluding hydrogens is 193 g/mol. The van der Waals surface area contributed by atoms with Crippen LogP contribution in [0.3, 0.4) is 0 Å². The molecule has 3 heterocycles. The summed E-state index contributed by atoms with van der Waals surface area (Å²) in [6.07, 6.45) is 0. The zero-order valence-corrected chi connectivity index (χ0v) is 8.66. The van der Waals surface area contributed by atoms with Gasteiger partial charge < -0.3 is 0 Å². The van der Waals surface area contributed by atoms with Crippen molar-refractivity contribution in [2.75, 3.05) is 46.6 Å². The zero-order valence-electron chi connectivity index (χ0n) is 7.77. The van der Waals surface area contributed by atoms with Crippen molar-refractivity contribution in [3.63, 3.8) is 0 Å². The van der Waals surface area contributed by atoms with E-state index in [9.17, 15) is 0 Å². The van der Waals surface area contributed by atoms with E-state index in [4.69, 9.17) is 18.1 Å². The monoisotopic (exact) mass is 208 g/mol. The Bertz CT molecular complexity index is 227. The molecule has 3 saturated heterocycles. The van der Waals surface area contributed by atoms with Crippen molar-refractivity contribution in [1.29, 1.82) is 0 Å². The molecule has 5 nitrogen and oxygen atoms in total. The van der Waals surface area contributed by atoms with E-state index >= 15 is 0 Å². The molecule has 13 heavy (non-hydrogen) atoms. The first kappa shape index (κ1) is 8.53. The van der Waals surface area contributed by atoms with Crippen molar-refractivity contribution in [1.82, 2.24) is 0 Å². The van der Waals surface area contributed by atoms with Gasteiger partial charge in [0, 0.05) is 0 Å². The second kappa shape index (κ2) is 2.24. The van der Waals surface area contributed by atoms with E-state index in [1.807, 2.05) is 0 Å². The molecule has 0 radical (unpaired) electrons. The van der Waals surface area contributed by atoms with Gasteiger partial charge in [0.2, 0.25) is 0 Å². The van der Waals surface area contributed by atoms with Gasteiger partial charge in [-0.3, -0.25) is 0 Å². The third-order valence-electron chi connectivity index (χ3n) is 3.44. The third-order valence-corrected chi connectivity index (χ3v) is 7.88. The summed E-state index contributed by atoms with van der Waals surface area (Å²) in [7, 11) is -1.50. The van der Waals surface area contributed by atoms with Gasteiger partial charge in [0.05, 0.1) is 0 Å². The minimum absolute atomic E-state index is 0.700. The maximum absolute atomic E-state index is 5.75. The average Bonchev–Trinajstić information content (AvgIpc) is 2.60. The van der Waals surface area contributed by atoms with E-state index in [0.717, 1.165) is 23.9 Å². The first-order valence-electron chi connectivity index (χ1n) is 4.65. The molecule has 0 unspecified atom stereocenters. The molecule has 76 valence electrons. The number of hydrogen-bond donors (Lipinski definition) is 0. The Morgan fingerprint density at radius 2 is 1.46 bits per heavy atom. The Labute approximate surface area is 77.4 Å². The fourth-order valence-electron chi connectivity index (χ4n) is 2.73. The van der Waals surface area contributed by atoms with E-state index in [1.54, 1.807) is 7.11 Å². The minimum atomic E-state index is -3.15. The fraction of sp³-hybridized carbons (Fsp3) is 1.00. The van der Waals surface area contributed by atoms with Crippen molar-refractivity contribution >= 4 is 7.66 Å². The van der Waals surface area contributed by atoms with Crippen molar-refractivity contribution in [3.8, 4) is 0 Å². The van der Waals surface area contributed by atoms with E-state index < -0.39 is 7.66 Å². The van der Waals surface area contributed by atoms with Gasteiger partial charge >= 0.3 is 76.6 Å². The molecular formula is C7H15NO4P+. The van der Waals surface area contributed by atoms with E-state index in [-0.39, 0.29) is 0 Å². The van der Waals surface area contributed by atoms with Crippen LogP contribution in [0.2, 0.25) is 0 Å². The molecule has 0 amide bonds. The van der Waals surface area contributed by atoms with Crippen LogP contribution in [-0.4, -0.2) is 50.8 Å². The van der Waals surface area contributed by atoms with Gasteiger partial charge in [-0.2, -0.15) is 0 Å². The van der Waals surface area contributed by atoms with Crippen LogP contribution in [0.1, 0.15) is 0 Å². The van der Waals surface area contributed by atoms with Crippen molar-refractivity contribution in [2.24, 2.45) is 0 Å². The molecule has 0 aromatic carbocycles. The van der Waals surface area contributed by atoms with E-state index in [1.165, 1.54) is 0 Å². The predicted molar refractivity (Wildman–Crippen MR) is 46.6 cm³/mol. The van der Waals surface area contributed by atoms with Crippen molar-refractivity contribution in [2.45, 2.75) is 0 Å². The zero-order chi connectivity index (χ0) is 9.02. The van der Waals surface area contributed by atoms with Crippen LogP contribution < -0.4 is 0 Å². The molecule has 0 atom stereocenters. The quantitative estimate of drug-likeness (QED) is 0.593. The van der Waals surface area contributed by atoms with Crippen LogP contribution in [-0.2, 0) is 18.1 Å². The van der Waals surface area contributed by atoms with Crippen LogP contribution in [0.15, 0.2) is 0 Å². The molecule has 0 N–H and O–H groups in total. The van der Waals surface area contributed by atoms with Gasteiger partial charge in [0.25, 0.3) is 0 Å². The van der Waals surface area contributed by atoms with Crippen LogP contribution in [0, 0.1) is 0 Å². The summed E-state index contributed by atoms with van der Waals surface area (Å²) in [4.78, 5) is 0. The number of quaternary nitrogens is 1. The van der Waals surface area contributed by atoms with Gasteiger partial charge in [-0.15, -0.1) is 0 Å². The summed E-state index contributed by atoms with van der Waals surface area (Å²) < 4.78 is 23.6. The topological polar surface area (TPSA) is 36.9 Å². The summed E-state index contributed by atoms with van der Waals surface area (Å²) in [6.45, 7) is 5.03. The molecule has 3 aliphatic rings. The van der Waals surface area contributed by atoms with E-state index in [0.29, 0.717) is 19.8 Å². The van der Waals surface area contributed by atoms with Crippen LogP contribution in [0.25, 0.3) is 0 Å². The molecule has 0 saturated carbocycles. The van der Waals surface area contributed by atoms with Crippen LogP contribution in [0.5, 0.6) is 0 Å². The Morgan fingerprint density at radius 1 is 1.00 bits per heavy atom. The first-order chi connectivity index (χ1) is 6.26. The number of nitrogens with zero attached hydrogens (tertiary/aromatic N) is 1. The molecule has 0 aromatic rings. The normalized spacial score (nSPS) is 47.9. The number of hydrogen-bond acceptors (Lipinski definition) is 4. The summed E-state index contributed by atoms with van der Waals surface area (Å²) in [5.41, 5.74) is 0. The molecule has 0 bridgehead atoms. The third kappa shape index (κ3) is 0.685. The standard InChI is InChI=1S/C7H15NO4P/c1-9-13-8(2-5-10-13,3-6-11-13)4-7-12-13/h2-7H2,1H3/q+1. The first-order valence-corrected chi connectivity index (χ1v) is 6.51. The molecule has 0 aromatic heterocycles. The van der Waals surface area contributed by atoms with Gasteiger partial charge in [-0.1, -0.05) is 0 Å². The number of rotatable bonds is 1. The summed E-state index contributed by atoms with van der Waals surface area (Å²) in [5.74, 6) is 0. The van der Waals surface area contributed by atoms with Crippen molar-refractivity contribution in [3.05, 3.63) is 0 Å². The Kier molecular flexibility index (Phi) is 1.47. The molecule has 0 aliphatic carbocycles. The summed E-state index contributed by atoms with van der Waals surface area (Å²) >= 11 is 0. The van der Waals surface area contributed by atoms with Gasteiger partial charge in [0.15, 0.2) is 0 Å². The molecule has 3 fully saturated rings. The van der Waals surface area contributed by atoms with Gasteiger partial charge in [-0.05, 0) is 0 Å². The Hall–Kier alpha value is 0.230. The van der Waals surface area contributed by atoms with Crippen molar-refractivity contribution < 1.29 is 22.3 Å². The predicted octanol–water partition coefficient (Wildman–Crippen LogP) is 0.668. The second-order valence-corrected chi connectivity index (χ2v) is 7.26. The summed E-state index contributed by atoms with van der Waals surface area (Å²) in [6, 6.07) is 0. The Balaban J connectivity index is 2.16. The second-order valence-electron chi connectivity index (χ2n) is 3.72. The van der Waals surface area contributed by atoms with Gasteiger partial charge in [-0.25, -0.2) is 0 Å². The van der Waals surface area contributed by atoms with Gasteiger partial charge in [0.1, 0.15) is 0 Å². The van der Waals surface area contributed by atoms with Crippen LogP contribution in [0.4, 0.5) is 0 Å². The maximum atomic E-state index is 5.75. The van der Waals surface area contributed by atoms with Crippen LogP contribution >= 0.6 is 7.66 Å². The summed E-state index contributed by atoms with van der Waals surface area (Å²) in [5, 5.41) is 0. The van der Waals surface area contributed by atoms with E-state index in [2.05, 4.69) is 0 Å². The molecule has 3 aliphatic heterocycles. The average molecular weight is 208 g/mol. The fourth-order valence-corrected chi connectivity index (χ4v) is 6.73. The molecule has 6 heteroatoms. The Morgan fingerprint density at radius 3 is 1.77 bits per heavy atom. The SMILES string of the molecule is COP123OCC[N+]1(CCO2)CCO3.